The number of aryl methyl sites for hydroxylation is 1. The minimum Gasteiger partial charge on any atom is -0.465 e. The predicted molar refractivity (Wildman–Crippen MR) is 146 cm³/mol. The smallest absolute Gasteiger partial charge is 0.337 e. The summed E-state index contributed by atoms with van der Waals surface area (Å²) in [7, 11) is 1.38. The van der Waals surface area contributed by atoms with E-state index in [1.165, 1.54) is 12.7 Å². The highest BCUT2D eigenvalue weighted by molar-refractivity contribution is 6.30. The molecule has 1 atom stereocenters. The molecule has 0 amide bonds. The zero-order valence-electron chi connectivity index (χ0n) is 20.9. The Morgan fingerprint density at radius 3 is 2.16 bits per heavy atom. The fourth-order valence-electron chi connectivity index (χ4n) is 3.80. The van der Waals surface area contributed by atoms with Crippen molar-refractivity contribution in [2.24, 2.45) is 0 Å². The quantitative estimate of drug-likeness (QED) is 0.213. The van der Waals surface area contributed by atoms with E-state index in [-0.39, 0.29) is 12.1 Å². The van der Waals surface area contributed by atoms with Gasteiger partial charge in [0.2, 0.25) is 0 Å². The first-order chi connectivity index (χ1) is 18.0. The molecule has 0 bridgehead atoms. The number of ether oxygens (including phenoxy) is 3. The van der Waals surface area contributed by atoms with E-state index in [0.717, 1.165) is 28.2 Å². The van der Waals surface area contributed by atoms with Crippen LogP contribution < -0.4 is 10.1 Å². The summed E-state index contributed by atoms with van der Waals surface area (Å²) in [6.45, 7) is 3.71. The Hall–Kier alpha value is -3.64. The Morgan fingerprint density at radius 2 is 1.51 bits per heavy atom. The van der Waals surface area contributed by atoms with E-state index >= 15 is 0 Å². The molecular formula is C31H30ClNO4. The van der Waals surface area contributed by atoms with Gasteiger partial charge in [-0.1, -0.05) is 65.7 Å². The second kappa shape index (κ2) is 13.1. The average molecular weight is 516 g/mol. The Balaban J connectivity index is 1.35. The number of hydrogen-bond donors (Lipinski definition) is 1. The van der Waals surface area contributed by atoms with Gasteiger partial charge in [0.1, 0.15) is 11.5 Å². The highest BCUT2D eigenvalue weighted by Gasteiger charge is 2.13. The van der Waals surface area contributed by atoms with E-state index in [1.54, 1.807) is 12.1 Å². The molecule has 4 rings (SSSR count). The number of hydrogen-bond acceptors (Lipinski definition) is 5. The zero-order chi connectivity index (χ0) is 26.0. The number of benzene rings is 4. The van der Waals surface area contributed by atoms with Crippen LogP contribution in [0.1, 0.15) is 38.7 Å². The molecule has 1 N–H and O–H groups in total. The van der Waals surface area contributed by atoms with Gasteiger partial charge < -0.3 is 19.5 Å². The molecule has 0 aliphatic heterocycles. The first-order valence-corrected chi connectivity index (χ1v) is 12.5. The maximum absolute atomic E-state index is 11.6. The third-order valence-corrected chi connectivity index (χ3v) is 6.12. The maximum atomic E-state index is 11.6. The van der Waals surface area contributed by atoms with Gasteiger partial charge in [-0.3, -0.25) is 0 Å². The van der Waals surface area contributed by atoms with Gasteiger partial charge in [0.15, 0.2) is 0 Å². The minimum absolute atomic E-state index is 0.198. The van der Waals surface area contributed by atoms with Gasteiger partial charge in [0.05, 0.1) is 25.4 Å². The fourth-order valence-corrected chi connectivity index (χ4v) is 4.00. The molecule has 4 aromatic rings. The summed E-state index contributed by atoms with van der Waals surface area (Å²) in [5.74, 6) is 1.24. The number of halogens is 1. The van der Waals surface area contributed by atoms with Gasteiger partial charge in [-0.2, -0.15) is 0 Å². The number of nitrogens with one attached hydrogen (secondary N) is 1. The number of rotatable bonds is 11. The average Bonchev–Trinajstić information content (AvgIpc) is 2.92. The van der Waals surface area contributed by atoms with E-state index in [9.17, 15) is 4.79 Å². The van der Waals surface area contributed by atoms with Gasteiger partial charge in [0, 0.05) is 18.1 Å². The second-order valence-electron chi connectivity index (χ2n) is 8.73. The molecule has 5 nitrogen and oxygen atoms in total. The number of carbonyl (C=O) groups excluding carboxylic acids is 1. The largest absolute Gasteiger partial charge is 0.465 e. The molecule has 0 radical (unpaired) electrons. The van der Waals surface area contributed by atoms with Crippen LogP contribution in [-0.2, 0) is 22.6 Å². The molecule has 4 aromatic carbocycles. The van der Waals surface area contributed by atoms with E-state index < -0.39 is 0 Å². The summed E-state index contributed by atoms with van der Waals surface area (Å²) in [6.07, 6.45) is -0.198. The van der Waals surface area contributed by atoms with E-state index in [4.69, 9.17) is 25.8 Å². The van der Waals surface area contributed by atoms with E-state index in [0.29, 0.717) is 30.3 Å². The van der Waals surface area contributed by atoms with Crippen LogP contribution in [0, 0.1) is 6.92 Å². The topological polar surface area (TPSA) is 56.8 Å². The van der Waals surface area contributed by atoms with E-state index in [1.807, 2.05) is 84.9 Å². The fraction of sp³-hybridized carbons (Fsp3) is 0.194. The van der Waals surface area contributed by atoms with Crippen LogP contribution in [0.3, 0.4) is 0 Å². The number of methoxy groups -OCH3 is 1. The van der Waals surface area contributed by atoms with Crippen molar-refractivity contribution in [3.63, 3.8) is 0 Å². The van der Waals surface area contributed by atoms with Crippen LogP contribution >= 0.6 is 11.6 Å². The normalized spacial score (nSPS) is 11.6. The van der Waals surface area contributed by atoms with Gasteiger partial charge in [-0.05, 0) is 72.1 Å². The molecule has 0 fully saturated rings. The molecule has 0 unspecified atom stereocenters. The van der Waals surface area contributed by atoms with Crippen molar-refractivity contribution in [1.82, 2.24) is 5.32 Å². The molecule has 0 aliphatic rings. The third-order valence-electron chi connectivity index (χ3n) is 5.89. The van der Waals surface area contributed by atoms with Crippen LogP contribution in [0.15, 0.2) is 97.1 Å². The lowest BCUT2D eigenvalue weighted by Gasteiger charge is -2.20. The standard InChI is InChI=1S/C31H30ClNO4/c1-22-6-14-28(15-7-22)37-29-16-10-24(11-17-29)21-36-30(26-4-3-5-27(32)18-26)20-33-19-23-8-12-25(13-9-23)31(34)35-2/h3-18,30,33H,19-21H2,1-2H3/t30-/m0/s1. The minimum atomic E-state index is -0.344. The van der Waals surface area contributed by atoms with Crippen LogP contribution in [-0.4, -0.2) is 19.6 Å². The first kappa shape index (κ1) is 26.4. The molecule has 0 saturated carbocycles. The molecule has 0 aromatic heterocycles. The summed E-state index contributed by atoms with van der Waals surface area (Å²) in [5, 5.41) is 4.12. The van der Waals surface area contributed by atoms with Crippen molar-refractivity contribution in [3.8, 4) is 11.5 Å². The van der Waals surface area contributed by atoms with Crippen LogP contribution in [0.4, 0.5) is 0 Å². The van der Waals surface area contributed by atoms with Crippen molar-refractivity contribution in [2.45, 2.75) is 26.2 Å². The monoisotopic (exact) mass is 515 g/mol. The summed E-state index contributed by atoms with van der Waals surface area (Å²) in [6, 6.07) is 31.0. The van der Waals surface area contributed by atoms with Gasteiger partial charge in [-0.25, -0.2) is 4.79 Å². The molecule has 0 spiro atoms. The summed E-state index contributed by atoms with van der Waals surface area (Å²) >= 11 is 6.25. The van der Waals surface area contributed by atoms with Gasteiger partial charge in [0.25, 0.3) is 0 Å². The van der Waals surface area contributed by atoms with E-state index in [2.05, 4.69) is 12.2 Å². The third kappa shape index (κ3) is 7.92. The Bertz CT molecular complexity index is 1290. The van der Waals surface area contributed by atoms with Crippen LogP contribution in [0.25, 0.3) is 0 Å². The van der Waals surface area contributed by atoms with Crippen LogP contribution in [0.5, 0.6) is 11.5 Å². The van der Waals surface area contributed by atoms with Gasteiger partial charge in [-0.15, -0.1) is 0 Å². The highest BCUT2D eigenvalue weighted by Crippen LogP contribution is 2.25. The predicted octanol–water partition coefficient (Wildman–Crippen LogP) is 7.28. The maximum Gasteiger partial charge on any atom is 0.337 e. The van der Waals surface area contributed by atoms with Crippen molar-refractivity contribution < 1.29 is 19.0 Å². The summed E-state index contributed by atoms with van der Waals surface area (Å²) in [4.78, 5) is 11.6. The lowest BCUT2D eigenvalue weighted by atomic mass is 10.1. The highest BCUT2D eigenvalue weighted by atomic mass is 35.5. The molecular weight excluding hydrogens is 486 g/mol. The van der Waals surface area contributed by atoms with Gasteiger partial charge >= 0.3 is 5.97 Å². The molecule has 0 aliphatic carbocycles. The van der Waals surface area contributed by atoms with Crippen molar-refractivity contribution in [2.75, 3.05) is 13.7 Å². The molecule has 0 saturated heterocycles. The molecule has 6 heteroatoms. The Labute approximate surface area is 223 Å². The van der Waals surface area contributed by atoms with Crippen molar-refractivity contribution in [1.29, 1.82) is 0 Å². The lowest BCUT2D eigenvalue weighted by Crippen LogP contribution is -2.23. The Morgan fingerprint density at radius 1 is 0.865 bits per heavy atom. The summed E-state index contributed by atoms with van der Waals surface area (Å²) < 4.78 is 17.0. The number of carbonyl (C=O) groups is 1. The van der Waals surface area contributed by atoms with Crippen LogP contribution in [0.2, 0.25) is 5.02 Å². The molecule has 0 heterocycles. The number of esters is 1. The lowest BCUT2D eigenvalue weighted by molar-refractivity contribution is 0.0396. The zero-order valence-corrected chi connectivity index (χ0v) is 21.7. The second-order valence-corrected chi connectivity index (χ2v) is 9.17. The summed E-state index contributed by atoms with van der Waals surface area (Å²) in [5.41, 5.74) is 4.82. The van der Waals surface area contributed by atoms with Crippen molar-refractivity contribution >= 4 is 17.6 Å². The van der Waals surface area contributed by atoms with Crippen molar-refractivity contribution in [3.05, 3.63) is 130 Å². The molecule has 37 heavy (non-hydrogen) atoms. The first-order valence-electron chi connectivity index (χ1n) is 12.1. The SMILES string of the molecule is COC(=O)c1ccc(CNC[C@H](OCc2ccc(Oc3ccc(C)cc3)cc2)c2cccc(Cl)c2)cc1. The molecule has 190 valence electrons. The Kier molecular flexibility index (Phi) is 9.33.